The first-order valence-electron chi connectivity index (χ1n) is 10.8. The summed E-state index contributed by atoms with van der Waals surface area (Å²) in [5, 5.41) is 3.90. The Morgan fingerprint density at radius 3 is 2.76 bits per heavy atom. The fourth-order valence-electron chi connectivity index (χ4n) is 4.28. The summed E-state index contributed by atoms with van der Waals surface area (Å²) < 4.78 is 54.0. The van der Waals surface area contributed by atoms with Crippen LogP contribution in [0.2, 0.25) is 0 Å². The first-order valence-corrected chi connectivity index (χ1v) is 11.6. The zero-order valence-corrected chi connectivity index (χ0v) is 18.7. The highest BCUT2D eigenvalue weighted by atomic mass is 32.1. The second kappa shape index (κ2) is 8.92. The van der Waals surface area contributed by atoms with E-state index in [9.17, 15) is 22.4 Å². The maximum Gasteiger partial charge on any atom is 0.416 e. The van der Waals surface area contributed by atoms with Crippen LogP contribution in [0.15, 0.2) is 53.7 Å². The first kappa shape index (κ1) is 22.7. The molecule has 1 atom stereocenters. The van der Waals surface area contributed by atoms with Crippen molar-refractivity contribution in [3.8, 4) is 0 Å². The Hall–Kier alpha value is -3.11. The molecule has 0 unspecified atom stereocenters. The van der Waals surface area contributed by atoms with E-state index >= 15 is 0 Å². The average molecular weight is 489 g/mol. The summed E-state index contributed by atoms with van der Waals surface area (Å²) in [5.41, 5.74) is 0.879. The summed E-state index contributed by atoms with van der Waals surface area (Å²) in [6.07, 6.45) is 0.714. The third-order valence-corrected chi connectivity index (χ3v) is 7.22. The van der Waals surface area contributed by atoms with E-state index in [4.69, 9.17) is 0 Å². The molecular formula is C24H20F4N4OS. The highest BCUT2D eigenvalue weighted by molar-refractivity contribution is 7.18. The third-order valence-electron chi connectivity index (χ3n) is 6.06. The predicted octanol–water partition coefficient (Wildman–Crippen LogP) is 4.71. The molecule has 0 aliphatic heterocycles. The van der Waals surface area contributed by atoms with Crippen LogP contribution in [-0.2, 0) is 32.1 Å². The summed E-state index contributed by atoms with van der Waals surface area (Å²) in [6.45, 7) is 0.472. The van der Waals surface area contributed by atoms with Crippen molar-refractivity contribution in [3.05, 3.63) is 92.4 Å². The largest absolute Gasteiger partial charge is 0.416 e. The SMILES string of the molecule is O=c1c2c3c(sc2ncn1Cc1ccccn1)C[C@@H](NCc1ccc(C(F)(F)F)cc1F)CC3. The van der Waals surface area contributed by atoms with Crippen molar-refractivity contribution in [1.29, 1.82) is 0 Å². The van der Waals surface area contributed by atoms with Gasteiger partial charge in [-0.25, -0.2) is 9.37 Å². The van der Waals surface area contributed by atoms with Crippen molar-refractivity contribution in [2.75, 3.05) is 0 Å². The molecule has 0 saturated carbocycles. The van der Waals surface area contributed by atoms with Gasteiger partial charge in [0.25, 0.3) is 5.56 Å². The van der Waals surface area contributed by atoms with E-state index in [1.807, 2.05) is 18.2 Å². The number of halogens is 4. The monoisotopic (exact) mass is 488 g/mol. The fraction of sp³-hybridized carbons (Fsp3) is 0.292. The Balaban J connectivity index is 1.32. The first-order chi connectivity index (χ1) is 16.3. The smallest absolute Gasteiger partial charge is 0.309 e. The van der Waals surface area contributed by atoms with Gasteiger partial charge in [0.1, 0.15) is 10.6 Å². The molecule has 1 aliphatic rings. The van der Waals surface area contributed by atoms with Crippen LogP contribution in [0, 0.1) is 5.82 Å². The van der Waals surface area contributed by atoms with Crippen LogP contribution in [0.1, 0.15) is 33.7 Å². The van der Waals surface area contributed by atoms with Gasteiger partial charge in [0.15, 0.2) is 0 Å². The van der Waals surface area contributed by atoms with Crippen LogP contribution in [0.4, 0.5) is 17.6 Å². The molecule has 1 N–H and O–H groups in total. The molecule has 0 amide bonds. The third kappa shape index (κ3) is 4.47. The molecule has 1 aromatic carbocycles. The Morgan fingerprint density at radius 1 is 1.18 bits per heavy atom. The standard InChI is InChI=1S/C24H20F4N4OS/c25-19-9-15(24(26,27)28)5-4-14(19)11-30-16-6-7-18-20(10-16)34-22-21(18)23(33)32(13-31-22)12-17-3-1-2-8-29-17/h1-5,8-9,13,16,30H,6-7,10-12H2/t16-/m0/s1. The fourth-order valence-corrected chi connectivity index (χ4v) is 5.53. The van der Waals surface area contributed by atoms with E-state index in [0.717, 1.165) is 28.6 Å². The highest BCUT2D eigenvalue weighted by Crippen LogP contribution is 2.34. The number of benzene rings is 1. The van der Waals surface area contributed by atoms with E-state index < -0.39 is 17.6 Å². The average Bonchev–Trinajstić information content (AvgIpc) is 3.18. The van der Waals surface area contributed by atoms with Crippen LogP contribution in [0.5, 0.6) is 0 Å². The van der Waals surface area contributed by atoms with Crippen molar-refractivity contribution in [2.24, 2.45) is 0 Å². The molecule has 0 radical (unpaired) electrons. The zero-order chi connectivity index (χ0) is 23.9. The van der Waals surface area contributed by atoms with Crippen molar-refractivity contribution in [1.82, 2.24) is 19.9 Å². The number of rotatable bonds is 5. The topological polar surface area (TPSA) is 59.8 Å². The molecule has 3 aromatic heterocycles. The van der Waals surface area contributed by atoms with Gasteiger partial charge in [0.05, 0.1) is 29.5 Å². The van der Waals surface area contributed by atoms with Gasteiger partial charge in [-0.3, -0.25) is 14.3 Å². The molecule has 3 heterocycles. The number of nitrogens with zero attached hydrogens (tertiary/aromatic N) is 3. The molecule has 5 rings (SSSR count). The number of nitrogens with one attached hydrogen (secondary N) is 1. The van der Waals surface area contributed by atoms with Crippen molar-refractivity contribution < 1.29 is 17.6 Å². The van der Waals surface area contributed by atoms with Gasteiger partial charge in [-0.05, 0) is 49.1 Å². The summed E-state index contributed by atoms with van der Waals surface area (Å²) in [5.74, 6) is -0.877. The quantitative estimate of drug-likeness (QED) is 0.414. The summed E-state index contributed by atoms with van der Waals surface area (Å²) in [4.78, 5) is 23.7. The number of hydrogen-bond acceptors (Lipinski definition) is 5. The lowest BCUT2D eigenvalue weighted by Crippen LogP contribution is -2.34. The van der Waals surface area contributed by atoms with Gasteiger partial charge < -0.3 is 5.32 Å². The van der Waals surface area contributed by atoms with E-state index in [-0.39, 0.29) is 23.7 Å². The number of pyridine rings is 1. The normalized spacial score (nSPS) is 16.1. The van der Waals surface area contributed by atoms with Gasteiger partial charge in [-0.1, -0.05) is 12.1 Å². The molecule has 0 fully saturated rings. The minimum atomic E-state index is -4.57. The Morgan fingerprint density at radius 2 is 2.03 bits per heavy atom. The molecule has 176 valence electrons. The van der Waals surface area contributed by atoms with E-state index in [1.165, 1.54) is 17.4 Å². The molecule has 10 heteroatoms. The predicted molar refractivity (Wildman–Crippen MR) is 121 cm³/mol. The van der Waals surface area contributed by atoms with Gasteiger partial charge in [0.2, 0.25) is 0 Å². The van der Waals surface area contributed by atoms with E-state index in [0.29, 0.717) is 35.7 Å². The Labute approximate surface area is 196 Å². The van der Waals surface area contributed by atoms with Gasteiger partial charge in [-0.15, -0.1) is 11.3 Å². The molecular weight excluding hydrogens is 468 g/mol. The van der Waals surface area contributed by atoms with E-state index in [1.54, 1.807) is 17.1 Å². The summed E-state index contributed by atoms with van der Waals surface area (Å²) >= 11 is 1.48. The molecule has 34 heavy (non-hydrogen) atoms. The number of aromatic nitrogens is 3. The number of aryl methyl sites for hydroxylation is 1. The van der Waals surface area contributed by atoms with Crippen LogP contribution >= 0.6 is 11.3 Å². The highest BCUT2D eigenvalue weighted by Gasteiger charge is 2.31. The molecule has 0 spiro atoms. The van der Waals surface area contributed by atoms with Crippen molar-refractivity contribution >= 4 is 21.6 Å². The lowest BCUT2D eigenvalue weighted by molar-refractivity contribution is -0.137. The van der Waals surface area contributed by atoms with Crippen LogP contribution in [0.25, 0.3) is 10.2 Å². The van der Waals surface area contributed by atoms with Gasteiger partial charge in [0, 0.05) is 29.2 Å². The van der Waals surface area contributed by atoms with Gasteiger partial charge >= 0.3 is 6.18 Å². The number of fused-ring (bicyclic) bond motifs is 3. The maximum atomic E-state index is 14.2. The second-order valence-corrected chi connectivity index (χ2v) is 9.39. The number of alkyl halides is 3. The van der Waals surface area contributed by atoms with Crippen LogP contribution in [-0.4, -0.2) is 20.6 Å². The molecule has 4 aromatic rings. The molecule has 5 nitrogen and oxygen atoms in total. The van der Waals surface area contributed by atoms with Crippen molar-refractivity contribution in [3.63, 3.8) is 0 Å². The number of hydrogen-bond donors (Lipinski definition) is 1. The lowest BCUT2D eigenvalue weighted by Gasteiger charge is -2.23. The number of thiophene rings is 1. The van der Waals surface area contributed by atoms with Crippen LogP contribution < -0.4 is 10.9 Å². The minimum Gasteiger partial charge on any atom is -0.309 e. The molecule has 1 aliphatic carbocycles. The zero-order valence-electron chi connectivity index (χ0n) is 17.9. The lowest BCUT2D eigenvalue weighted by atomic mass is 9.93. The van der Waals surface area contributed by atoms with Crippen LogP contribution in [0.3, 0.4) is 0 Å². The maximum absolute atomic E-state index is 14.2. The Kier molecular flexibility index (Phi) is 5.95. The minimum absolute atomic E-state index is 0.0259. The Bertz CT molecular complexity index is 1400. The van der Waals surface area contributed by atoms with E-state index in [2.05, 4.69) is 15.3 Å². The summed E-state index contributed by atoms with van der Waals surface area (Å²) in [6, 6.07) is 8.17. The summed E-state index contributed by atoms with van der Waals surface area (Å²) in [7, 11) is 0. The molecule has 0 bridgehead atoms. The van der Waals surface area contributed by atoms with Crippen molar-refractivity contribution in [2.45, 2.75) is 44.6 Å². The molecule has 0 saturated heterocycles. The van der Waals surface area contributed by atoms with Gasteiger partial charge in [-0.2, -0.15) is 13.2 Å². The second-order valence-electron chi connectivity index (χ2n) is 8.31.